The Bertz CT molecular complexity index is 1010. The van der Waals surface area contributed by atoms with Crippen molar-refractivity contribution in [1.82, 2.24) is 15.3 Å². The zero-order valence-electron chi connectivity index (χ0n) is 16.2. The lowest BCUT2D eigenvalue weighted by Crippen LogP contribution is -2.23. The van der Waals surface area contributed by atoms with E-state index in [4.69, 9.17) is 0 Å². The van der Waals surface area contributed by atoms with Crippen LogP contribution < -0.4 is 5.32 Å². The molecule has 0 unspecified atom stereocenters. The van der Waals surface area contributed by atoms with Gasteiger partial charge in [0.15, 0.2) is 5.78 Å². The van der Waals surface area contributed by atoms with Gasteiger partial charge in [-0.15, -0.1) is 11.3 Å². The standard InChI is InChI=1S/C23H23N3O2S/c27-21(18-9-8-16-5-1-2-6-17(16)13-18)10-11-22(28)25-14-19-15-29-23(26-19)20-7-3-4-12-24-20/h3-4,7-9,12-13,15H,1-2,5-6,10-11,14H2,(H,25,28). The van der Waals surface area contributed by atoms with Gasteiger partial charge in [0.25, 0.3) is 0 Å². The molecule has 2 heterocycles. The molecule has 29 heavy (non-hydrogen) atoms. The van der Waals surface area contributed by atoms with E-state index in [9.17, 15) is 9.59 Å². The fraction of sp³-hybridized carbons (Fsp3) is 0.304. The van der Waals surface area contributed by atoms with Gasteiger partial charge in [-0.05, 0) is 55.0 Å². The molecule has 1 aliphatic rings. The van der Waals surface area contributed by atoms with Crippen molar-refractivity contribution in [1.29, 1.82) is 0 Å². The quantitative estimate of drug-likeness (QED) is 0.593. The summed E-state index contributed by atoms with van der Waals surface area (Å²) in [7, 11) is 0. The molecule has 1 N–H and O–H groups in total. The van der Waals surface area contributed by atoms with Gasteiger partial charge in [-0.2, -0.15) is 0 Å². The lowest BCUT2D eigenvalue weighted by Gasteiger charge is -2.16. The molecule has 4 rings (SSSR count). The highest BCUT2D eigenvalue weighted by Gasteiger charge is 2.14. The zero-order chi connectivity index (χ0) is 20.1. The average molecular weight is 406 g/mol. The normalized spacial score (nSPS) is 13.0. The molecule has 0 fully saturated rings. The van der Waals surface area contributed by atoms with Gasteiger partial charge in [-0.1, -0.05) is 18.2 Å². The molecule has 0 atom stereocenters. The number of ketones is 1. The molecule has 2 aromatic heterocycles. The minimum absolute atomic E-state index is 0.0274. The van der Waals surface area contributed by atoms with Crippen LogP contribution in [0, 0.1) is 0 Å². The largest absolute Gasteiger partial charge is 0.350 e. The molecule has 3 aromatic rings. The van der Waals surface area contributed by atoms with E-state index in [1.807, 2.05) is 35.7 Å². The average Bonchev–Trinajstić information content (AvgIpc) is 3.25. The van der Waals surface area contributed by atoms with Crippen molar-refractivity contribution >= 4 is 23.0 Å². The van der Waals surface area contributed by atoms with Gasteiger partial charge >= 0.3 is 0 Å². The third-order valence-electron chi connectivity index (χ3n) is 5.15. The Morgan fingerprint density at radius 2 is 1.90 bits per heavy atom. The molecule has 0 saturated heterocycles. The first-order valence-electron chi connectivity index (χ1n) is 9.96. The van der Waals surface area contributed by atoms with Crippen molar-refractivity contribution < 1.29 is 9.59 Å². The van der Waals surface area contributed by atoms with Gasteiger partial charge in [0, 0.05) is 30.0 Å². The number of hydrogen-bond acceptors (Lipinski definition) is 5. The van der Waals surface area contributed by atoms with Gasteiger partial charge in [0.1, 0.15) is 5.01 Å². The molecule has 6 heteroatoms. The second kappa shape index (κ2) is 9.09. The fourth-order valence-electron chi connectivity index (χ4n) is 3.55. The van der Waals surface area contributed by atoms with Gasteiger partial charge in [-0.3, -0.25) is 14.6 Å². The van der Waals surface area contributed by atoms with Crippen LogP contribution in [0.5, 0.6) is 0 Å². The lowest BCUT2D eigenvalue weighted by atomic mass is 9.89. The van der Waals surface area contributed by atoms with E-state index >= 15 is 0 Å². The Kier molecular flexibility index (Phi) is 6.10. The predicted molar refractivity (Wildman–Crippen MR) is 114 cm³/mol. The fourth-order valence-corrected chi connectivity index (χ4v) is 4.35. The summed E-state index contributed by atoms with van der Waals surface area (Å²) in [5.74, 6) is -0.108. The van der Waals surface area contributed by atoms with Crippen molar-refractivity contribution in [3.8, 4) is 10.7 Å². The number of carbonyl (C=O) groups is 2. The van der Waals surface area contributed by atoms with E-state index < -0.39 is 0 Å². The second-order valence-corrected chi connectivity index (χ2v) is 8.11. The number of amides is 1. The topological polar surface area (TPSA) is 72.0 Å². The van der Waals surface area contributed by atoms with Gasteiger partial charge < -0.3 is 5.32 Å². The SMILES string of the molecule is O=C(CCC(=O)c1ccc2c(c1)CCCC2)NCc1csc(-c2ccccn2)n1. The van der Waals surface area contributed by atoms with Crippen LogP contribution in [0.4, 0.5) is 0 Å². The van der Waals surface area contributed by atoms with Gasteiger partial charge in [-0.25, -0.2) is 4.98 Å². The van der Waals surface area contributed by atoms with Crippen LogP contribution in [0.3, 0.4) is 0 Å². The first-order chi connectivity index (χ1) is 14.2. The summed E-state index contributed by atoms with van der Waals surface area (Å²) in [5, 5.41) is 5.60. The van der Waals surface area contributed by atoms with Crippen LogP contribution in [-0.2, 0) is 24.2 Å². The first-order valence-corrected chi connectivity index (χ1v) is 10.8. The number of Topliss-reactive ketones (excluding diaryl/α,β-unsaturated/α-hetero) is 1. The lowest BCUT2D eigenvalue weighted by molar-refractivity contribution is -0.121. The molecular weight excluding hydrogens is 382 g/mol. The number of thiazole rings is 1. The van der Waals surface area contributed by atoms with E-state index in [0.717, 1.165) is 34.8 Å². The summed E-state index contributed by atoms with van der Waals surface area (Å²) in [6.07, 6.45) is 6.70. The monoisotopic (exact) mass is 405 g/mol. The molecule has 1 aromatic carbocycles. The summed E-state index contributed by atoms with van der Waals surface area (Å²) in [6.45, 7) is 0.356. The number of aromatic nitrogens is 2. The number of benzene rings is 1. The van der Waals surface area contributed by atoms with Crippen LogP contribution in [0.25, 0.3) is 10.7 Å². The Labute approximate surface area is 174 Å². The van der Waals surface area contributed by atoms with E-state index in [1.165, 1.54) is 35.3 Å². The number of nitrogens with one attached hydrogen (secondary N) is 1. The van der Waals surface area contributed by atoms with Crippen LogP contribution in [0.1, 0.15) is 52.9 Å². The maximum atomic E-state index is 12.5. The van der Waals surface area contributed by atoms with Crippen LogP contribution in [0.15, 0.2) is 48.0 Å². The number of rotatable bonds is 7. The second-order valence-electron chi connectivity index (χ2n) is 7.25. The number of pyridine rings is 1. The zero-order valence-corrected chi connectivity index (χ0v) is 17.0. The van der Waals surface area contributed by atoms with Crippen molar-refractivity contribution in [2.45, 2.75) is 45.1 Å². The smallest absolute Gasteiger partial charge is 0.220 e. The molecule has 1 aliphatic carbocycles. The molecule has 1 amide bonds. The maximum Gasteiger partial charge on any atom is 0.220 e. The van der Waals surface area contributed by atoms with Crippen LogP contribution in [0.2, 0.25) is 0 Å². The minimum Gasteiger partial charge on any atom is -0.350 e. The minimum atomic E-state index is -0.135. The Morgan fingerprint density at radius 3 is 2.72 bits per heavy atom. The number of fused-ring (bicyclic) bond motifs is 1. The Hall–Kier alpha value is -2.86. The number of hydrogen-bond donors (Lipinski definition) is 1. The number of nitrogens with zero attached hydrogens (tertiary/aromatic N) is 2. The molecule has 0 bridgehead atoms. The molecule has 148 valence electrons. The highest BCUT2D eigenvalue weighted by Crippen LogP contribution is 2.23. The molecule has 5 nitrogen and oxygen atoms in total. The first kappa shape index (κ1) is 19.5. The van der Waals surface area contributed by atoms with E-state index in [1.54, 1.807) is 6.20 Å². The predicted octanol–water partition coefficient (Wildman–Crippen LogP) is 4.36. The third kappa shape index (κ3) is 4.95. The highest BCUT2D eigenvalue weighted by molar-refractivity contribution is 7.13. The molecular formula is C23H23N3O2S. The molecule has 0 aliphatic heterocycles. The third-order valence-corrected chi connectivity index (χ3v) is 6.07. The molecule has 0 saturated carbocycles. The van der Waals surface area contributed by atoms with Gasteiger partial charge in [0.05, 0.1) is 17.9 Å². The van der Waals surface area contributed by atoms with Crippen molar-refractivity contribution in [3.63, 3.8) is 0 Å². The summed E-state index contributed by atoms with van der Waals surface area (Å²) >= 11 is 1.50. The molecule has 0 radical (unpaired) electrons. The van der Waals surface area contributed by atoms with Crippen molar-refractivity contribution in [2.75, 3.05) is 0 Å². The maximum absolute atomic E-state index is 12.5. The van der Waals surface area contributed by atoms with E-state index in [2.05, 4.69) is 21.4 Å². The number of carbonyl (C=O) groups excluding carboxylic acids is 2. The van der Waals surface area contributed by atoms with Crippen molar-refractivity contribution in [2.24, 2.45) is 0 Å². The summed E-state index contributed by atoms with van der Waals surface area (Å²) < 4.78 is 0. The summed E-state index contributed by atoms with van der Waals surface area (Å²) in [4.78, 5) is 33.4. The van der Waals surface area contributed by atoms with E-state index in [0.29, 0.717) is 6.54 Å². The molecule has 0 spiro atoms. The Balaban J connectivity index is 1.26. The summed E-state index contributed by atoms with van der Waals surface area (Å²) in [5.41, 5.74) is 4.99. The Morgan fingerprint density at radius 1 is 1.03 bits per heavy atom. The van der Waals surface area contributed by atoms with Gasteiger partial charge in [0.2, 0.25) is 5.91 Å². The van der Waals surface area contributed by atoms with Crippen LogP contribution in [-0.4, -0.2) is 21.7 Å². The van der Waals surface area contributed by atoms with Crippen LogP contribution >= 0.6 is 11.3 Å². The summed E-state index contributed by atoms with van der Waals surface area (Å²) in [6, 6.07) is 11.7. The van der Waals surface area contributed by atoms with Crippen molar-refractivity contribution in [3.05, 3.63) is 70.4 Å². The number of aryl methyl sites for hydroxylation is 2. The van der Waals surface area contributed by atoms with E-state index in [-0.39, 0.29) is 24.5 Å². The highest BCUT2D eigenvalue weighted by atomic mass is 32.1.